The largest absolute Gasteiger partial charge is 0.496 e. The molecule has 0 aliphatic rings. The molecule has 31 heavy (non-hydrogen) atoms. The number of amides is 1. The molecular weight excluding hydrogens is 476 g/mol. The Hall–Kier alpha value is -2.90. The maximum Gasteiger partial charge on any atom is 0.261 e. The van der Waals surface area contributed by atoms with Gasteiger partial charge in [-0.25, -0.2) is 0 Å². The van der Waals surface area contributed by atoms with Crippen molar-refractivity contribution in [3.05, 3.63) is 88.4 Å². The molecule has 0 aliphatic carbocycles. The number of carbonyl (C=O) groups is 1. The van der Waals surface area contributed by atoms with Crippen molar-refractivity contribution >= 4 is 44.9 Å². The molecule has 0 spiro atoms. The predicted molar refractivity (Wildman–Crippen MR) is 131 cm³/mol. The molecule has 0 unspecified atom stereocenters. The van der Waals surface area contributed by atoms with Gasteiger partial charge in [0.1, 0.15) is 11.5 Å². The highest BCUT2D eigenvalue weighted by atomic mass is 79.9. The lowest BCUT2D eigenvalue weighted by Crippen LogP contribution is -2.34. The summed E-state index contributed by atoms with van der Waals surface area (Å²) in [6.45, 7) is 0.643. The number of carbonyl (C=O) groups excluding carboxylic acids is 1. The van der Waals surface area contributed by atoms with E-state index in [1.165, 1.54) is 12.7 Å². The summed E-state index contributed by atoms with van der Waals surface area (Å²) in [4.78, 5) is 12.5. The summed E-state index contributed by atoms with van der Waals surface area (Å²) in [7, 11) is 1.52. The van der Waals surface area contributed by atoms with Crippen LogP contribution in [0.3, 0.4) is 0 Å². The van der Waals surface area contributed by atoms with Crippen molar-refractivity contribution in [3.63, 3.8) is 0 Å². The summed E-state index contributed by atoms with van der Waals surface area (Å²) in [5, 5.41) is 5.87. The van der Waals surface area contributed by atoms with Gasteiger partial charge in [0, 0.05) is 10.2 Å². The lowest BCUT2D eigenvalue weighted by molar-refractivity contribution is 0.0974. The molecule has 0 aliphatic heterocycles. The first-order valence-corrected chi connectivity index (χ1v) is 11.0. The van der Waals surface area contributed by atoms with Crippen LogP contribution in [-0.2, 0) is 6.42 Å². The molecule has 5 nitrogen and oxygen atoms in total. The molecule has 3 aromatic carbocycles. The van der Waals surface area contributed by atoms with Gasteiger partial charge < -0.3 is 14.8 Å². The van der Waals surface area contributed by atoms with Gasteiger partial charge in [0.15, 0.2) is 5.11 Å². The Morgan fingerprint density at radius 1 is 1.03 bits per heavy atom. The highest BCUT2D eigenvalue weighted by Crippen LogP contribution is 2.23. The van der Waals surface area contributed by atoms with E-state index in [0.717, 1.165) is 28.8 Å². The highest BCUT2D eigenvalue weighted by Gasteiger charge is 2.14. The number of hydrogen-bond donors (Lipinski definition) is 2. The van der Waals surface area contributed by atoms with E-state index in [4.69, 9.17) is 21.7 Å². The SMILES string of the molecule is COc1ccc(Br)cc1C(=O)NC(=S)Nc1ccc(OCCCc2ccccc2)cc1. The van der Waals surface area contributed by atoms with Crippen LogP contribution in [-0.4, -0.2) is 24.7 Å². The lowest BCUT2D eigenvalue weighted by Gasteiger charge is -2.12. The first kappa shape index (κ1) is 22.8. The Labute approximate surface area is 195 Å². The first-order chi connectivity index (χ1) is 15.0. The maximum atomic E-state index is 12.5. The van der Waals surface area contributed by atoms with Crippen LogP contribution in [0.25, 0.3) is 0 Å². The third-order valence-electron chi connectivity index (χ3n) is 4.47. The van der Waals surface area contributed by atoms with Gasteiger partial charge in [-0.2, -0.15) is 0 Å². The highest BCUT2D eigenvalue weighted by molar-refractivity contribution is 9.10. The molecule has 3 rings (SSSR count). The number of aryl methyl sites for hydroxylation is 1. The van der Waals surface area contributed by atoms with Gasteiger partial charge in [0.2, 0.25) is 0 Å². The van der Waals surface area contributed by atoms with Crippen LogP contribution in [0.4, 0.5) is 5.69 Å². The van der Waals surface area contributed by atoms with Crippen LogP contribution in [0.5, 0.6) is 11.5 Å². The molecule has 160 valence electrons. The molecule has 3 aromatic rings. The number of nitrogens with one attached hydrogen (secondary N) is 2. The van der Waals surface area contributed by atoms with Gasteiger partial charge in [-0.1, -0.05) is 46.3 Å². The number of thiocarbonyl (C=S) groups is 1. The minimum absolute atomic E-state index is 0.198. The number of ether oxygens (including phenoxy) is 2. The van der Waals surface area contributed by atoms with E-state index < -0.39 is 0 Å². The molecule has 1 amide bonds. The number of halogens is 1. The zero-order valence-electron chi connectivity index (χ0n) is 17.1. The Morgan fingerprint density at radius 2 is 1.77 bits per heavy atom. The Kier molecular flexibility index (Phi) is 8.44. The van der Waals surface area contributed by atoms with Crippen molar-refractivity contribution in [2.24, 2.45) is 0 Å². The molecule has 0 heterocycles. The van der Waals surface area contributed by atoms with Crippen LogP contribution < -0.4 is 20.1 Å². The fourth-order valence-corrected chi connectivity index (χ4v) is 3.51. The Bertz CT molecular complexity index is 1030. The fraction of sp³-hybridized carbons (Fsp3) is 0.167. The van der Waals surface area contributed by atoms with Gasteiger partial charge in [0.25, 0.3) is 5.91 Å². The van der Waals surface area contributed by atoms with Crippen molar-refractivity contribution < 1.29 is 14.3 Å². The van der Waals surface area contributed by atoms with E-state index >= 15 is 0 Å². The van der Waals surface area contributed by atoms with Gasteiger partial charge in [-0.3, -0.25) is 10.1 Å². The normalized spacial score (nSPS) is 10.3. The molecule has 0 bridgehead atoms. The van der Waals surface area contributed by atoms with Crippen LogP contribution in [0.15, 0.2) is 77.3 Å². The average molecular weight is 499 g/mol. The van der Waals surface area contributed by atoms with Crippen LogP contribution in [0.1, 0.15) is 22.3 Å². The molecule has 0 saturated heterocycles. The van der Waals surface area contributed by atoms with Crippen LogP contribution >= 0.6 is 28.1 Å². The third-order valence-corrected chi connectivity index (χ3v) is 5.16. The average Bonchev–Trinajstić information content (AvgIpc) is 2.78. The van der Waals surface area contributed by atoms with E-state index in [-0.39, 0.29) is 11.0 Å². The third kappa shape index (κ3) is 7.08. The molecular formula is C24H23BrN2O3S. The van der Waals surface area contributed by atoms with E-state index in [9.17, 15) is 4.79 Å². The molecule has 0 saturated carbocycles. The topological polar surface area (TPSA) is 59.6 Å². The van der Waals surface area contributed by atoms with Crippen molar-refractivity contribution in [2.75, 3.05) is 19.0 Å². The second-order valence-corrected chi connectivity index (χ2v) is 8.04. The van der Waals surface area contributed by atoms with Gasteiger partial charge >= 0.3 is 0 Å². The van der Waals surface area contributed by atoms with Crippen molar-refractivity contribution in [1.82, 2.24) is 5.32 Å². The van der Waals surface area contributed by atoms with Crippen LogP contribution in [0.2, 0.25) is 0 Å². The molecule has 0 fully saturated rings. The van der Waals surface area contributed by atoms with Gasteiger partial charge in [0.05, 0.1) is 19.3 Å². The molecule has 0 radical (unpaired) electrons. The molecule has 0 atom stereocenters. The monoisotopic (exact) mass is 498 g/mol. The number of rotatable bonds is 8. The summed E-state index contributed by atoms with van der Waals surface area (Å²) in [5.74, 6) is 0.902. The minimum atomic E-state index is -0.353. The van der Waals surface area contributed by atoms with Crippen molar-refractivity contribution in [3.8, 4) is 11.5 Å². The smallest absolute Gasteiger partial charge is 0.261 e. The summed E-state index contributed by atoms with van der Waals surface area (Å²) in [5.41, 5.74) is 2.45. The lowest BCUT2D eigenvalue weighted by atomic mass is 10.1. The Balaban J connectivity index is 1.46. The molecule has 7 heteroatoms. The fourth-order valence-electron chi connectivity index (χ4n) is 2.94. The Morgan fingerprint density at radius 3 is 2.48 bits per heavy atom. The quantitative estimate of drug-likeness (QED) is 0.312. The summed E-state index contributed by atoms with van der Waals surface area (Å²) < 4.78 is 11.8. The summed E-state index contributed by atoms with van der Waals surface area (Å²) in [6.07, 6.45) is 1.93. The predicted octanol–water partition coefficient (Wildman–Crippen LogP) is 5.60. The molecule has 2 N–H and O–H groups in total. The van der Waals surface area contributed by atoms with Crippen molar-refractivity contribution in [1.29, 1.82) is 0 Å². The second kappa shape index (κ2) is 11.5. The van der Waals surface area contributed by atoms with Gasteiger partial charge in [-0.15, -0.1) is 0 Å². The van der Waals surface area contributed by atoms with Crippen molar-refractivity contribution in [2.45, 2.75) is 12.8 Å². The van der Waals surface area contributed by atoms with E-state index in [0.29, 0.717) is 17.9 Å². The minimum Gasteiger partial charge on any atom is -0.496 e. The number of anilines is 1. The van der Waals surface area contributed by atoms with Crippen LogP contribution in [0, 0.1) is 0 Å². The standard InChI is InChI=1S/C24H23BrN2O3S/c1-29-22-14-9-18(25)16-21(22)23(28)27-24(31)26-19-10-12-20(13-11-19)30-15-5-8-17-6-3-2-4-7-17/h2-4,6-7,9-14,16H,5,8,15H2,1H3,(H2,26,27,28,31). The zero-order valence-corrected chi connectivity index (χ0v) is 19.5. The zero-order chi connectivity index (χ0) is 22.1. The summed E-state index contributed by atoms with van der Waals surface area (Å²) in [6, 6.07) is 23.0. The summed E-state index contributed by atoms with van der Waals surface area (Å²) >= 11 is 8.62. The van der Waals surface area contributed by atoms with E-state index in [1.807, 2.05) is 42.5 Å². The number of methoxy groups -OCH3 is 1. The van der Waals surface area contributed by atoms with E-state index in [2.05, 4.69) is 38.7 Å². The first-order valence-electron chi connectivity index (χ1n) is 9.78. The van der Waals surface area contributed by atoms with Gasteiger partial charge in [-0.05, 0) is 73.1 Å². The number of benzene rings is 3. The molecule has 0 aromatic heterocycles. The second-order valence-electron chi connectivity index (χ2n) is 6.71. The number of hydrogen-bond acceptors (Lipinski definition) is 4. The van der Waals surface area contributed by atoms with E-state index in [1.54, 1.807) is 18.2 Å². The maximum absolute atomic E-state index is 12.5.